The van der Waals surface area contributed by atoms with Crippen molar-refractivity contribution >= 4 is 22.1 Å². The third-order valence-electron chi connectivity index (χ3n) is 3.93. The first-order valence-corrected chi connectivity index (χ1v) is 8.42. The lowest BCUT2D eigenvalue weighted by Crippen LogP contribution is -2.30. The molecule has 2 atom stereocenters. The van der Waals surface area contributed by atoms with E-state index in [1.165, 1.54) is 21.9 Å². The molecule has 0 radical (unpaired) electrons. The summed E-state index contributed by atoms with van der Waals surface area (Å²) in [6.07, 6.45) is 1.08. The van der Waals surface area contributed by atoms with Crippen LogP contribution in [0.2, 0.25) is 0 Å². The Labute approximate surface area is 130 Å². The van der Waals surface area contributed by atoms with Gasteiger partial charge in [0.2, 0.25) is 0 Å². The van der Waals surface area contributed by atoms with Gasteiger partial charge in [0.15, 0.2) is 0 Å². The molecular weight excluding hydrogens is 274 g/mol. The van der Waals surface area contributed by atoms with Gasteiger partial charge in [-0.25, -0.2) is 0 Å². The lowest BCUT2D eigenvalue weighted by molar-refractivity contribution is 0.478. The molecule has 0 aliphatic carbocycles. The van der Waals surface area contributed by atoms with Crippen molar-refractivity contribution in [2.75, 3.05) is 0 Å². The maximum absolute atomic E-state index is 3.70. The van der Waals surface area contributed by atoms with E-state index in [-0.39, 0.29) is 0 Å². The van der Waals surface area contributed by atoms with E-state index in [0.29, 0.717) is 12.1 Å². The highest BCUT2D eigenvalue weighted by molar-refractivity contribution is 7.07. The highest BCUT2D eigenvalue weighted by Crippen LogP contribution is 2.21. The minimum atomic E-state index is 0.364. The van der Waals surface area contributed by atoms with Crippen LogP contribution in [0.3, 0.4) is 0 Å². The number of nitrogens with one attached hydrogen (secondary N) is 1. The molecule has 0 bridgehead atoms. The van der Waals surface area contributed by atoms with Gasteiger partial charge in [-0.2, -0.15) is 11.3 Å². The summed E-state index contributed by atoms with van der Waals surface area (Å²) in [5.41, 5.74) is 2.77. The molecule has 0 aliphatic rings. The van der Waals surface area contributed by atoms with Gasteiger partial charge in [0.1, 0.15) is 0 Å². The Kier molecular flexibility index (Phi) is 4.37. The lowest BCUT2D eigenvalue weighted by atomic mass is 10.0. The Bertz CT molecular complexity index is 702. The van der Waals surface area contributed by atoms with Crippen LogP contribution in [0, 0.1) is 0 Å². The Balaban J connectivity index is 1.69. The zero-order valence-electron chi connectivity index (χ0n) is 12.5. The van der Waals surface area contributed by atoms with E-state index in [4.69, 9.17) is 0 Å². The highest BCUT2D eigenvalue weighted by Gasteiger charge is 2.10. The average Bonchev–Trinajstić information content (AvgIpc) is 2.99. The zero-order valence-corrected chi connectivity index (χ0v) is 13.4. The maximum atomic E-state index is 3.70. The molecule has 0 amide bonds. The quantitative estimate of drug-likeness (QED) is 0.683. The summed E-state index contributed by atoms with van der Waals surface area (Å²) in [6.45, 7) is 4.50. The molecule has 0 saturated heterocycles. The number of hydrogen-bond donors (Lipinski definition) is 1. The Morgan fingerprint density at radius 3 is 2.57 bits per heavy atom. The van der Waals surface area contributed by atoms with Crippen molar-refractivity contribution in [1.29, 1.82) is 0 Å². The fourth-order valence-corrected chi connectivity index (χ4v) is 3.50. The van der Waals surface area contributed by atoms with Gasteiger partial charge in [-0.05, 0) is 65.1 Å². The summed E-state index contributed by atoms with van der Waals surface area (Å²) in [4.78, 5) is 0. The number of thiophene rings is 1. The summed E-state index contributed by atoms with van der Waals surface area (Å²) < 4.78 is 0. The summed E-state index contributed by atoms with van der Waals surface area (Å²) >= 11 is 1.77. The fraction of sp³-hybridized carbons (Fsp3) is 0.263. The molecular formula is C19H21NS. The molecule has 2 heteroatoms. The van der Waals surface area contributed by atoms with Crippen LogP contribution >= 0.6 is 11.3 Å². The largest absolute Gasteiger partial charge is 0.307 e. The van der Waals surface area contributed by atoms with Crippen molar-refractivity contribution in [1.82, 2.24) is 5.32 Å². The maximum Gasteiger partial charge on any atom is 0.0294 e. The van der Waals surface area contributed by atoms with Gasteiger partial charge in [0, 0.05) is 12.1 Å². The van der Waals surface area contributed by atoms with E-state index in [1.54, 1.807) is 11.3 Å². The molecule has 0 saturated carbocycles. The van der Waals surface area contributed by atoms with Crippen molar-refractivity contribution in [3.63, 3.8) is 0 Å². The standard InChI is InChI=1S/C19H21NS/c1-14(11-16-9-10-21-13-16)20-15(2)18-8-7-17-5-3-4-6-19(17)12-18/h3-10,12-15,20H,11H2,1-2H3. The molecule has 3 aromatic rings. The predicted molar refractivity (Wildman–Crippen MR) is 93.0 cm³/mol. The van der Waals surface area contributed by atoms with E-state index in [0.717, 1.165) is 6.42 Å². The van der Waals surface area contributed by atoms with Gasteiger partial charge in [-0.1, -0.05) is 36.4 Å². The number of benzene rings is 2. The van der Waals surface area contributed by atoms with Gasteiger partial charge >= 0.3 is 0 Å². The van der Waals surface area contributed by atoms with E-state index in [1.807, 2.05) is 0 Å². The predicted octanol–water partition coefficient (Wildman–Crippen LogP) is 5.18. The van der Waals surface area contributed by atoms with E-state index < -0.39 is 0 Å². The Hall–Kier alpha value is -1.64. The monoisotopic (exact) mass is 295 g/mol. The molecule has 1 aromatic heterocycles. The smallest absolute Gasteiger partial charge is 0.0294 e. The first-order valence-electron chi connectivity index (χ1n) is 7.48. The van der Waals surface area contributed by atoms with Crippen molar-refractivity contribution in [2.45, 2.75) is 32.4 Å². The van der Waals surface area contributed by atoms with Gasteiger partial charge in [-0.15, -0.1) is 0 Å². The van der Waals surface area contributed by atoms with Crippen molar-refractivity contribution in [3.8, 4) is 0 Å². The third kappa shape index (κ3) is 3.52. The molecule has 1 nitrogen and oxygen atoms in total. The lowest BCUT2D eigenvalue weighted by Gasteiger charge is -2.20. The zero-order chi connectivity index (χ0) is 14.7. The number of rotatable bonds is 5. The van der Waals surface area contributed by atoms with Gasteiger partial charge in [0.05, 0.1) is 0 Å². The minimum absolute atomic E-state index is 0.364. The van der Waals surface area contributed by atoms with Crippen molar-refractivity contribution in [2.24, 2.45) is 0 Å². The average molecular weight is 295 g/mol. The minimum Gasteiger partial charge on any atom is -0.307 e. The molecule has 2 aromatic carbocycles. The van der Waals surface area contributed by atoms with Crippen LogP contribution < -0.4 is 5.32 Å². The highest BCUT2D eigenvalue weighted by atomic mass is 32.1. The first-order chi connectivity index (χ1) is 10.2. The third-order valence-corrected chi connectivity index (χ3v) is 4.66. The summed E-state index contributed by atoms with van der Waals surface area (Å²) in [5.74, 6) is 0. The van der Waals surface area contributed by atoms with Crippen LogP contribution in [0.15, 0.2) is 59.3 Å². The van der Waals surface area contributed by atoms with Crippen LogP contribution in [0.4, 0.5) is 0 Å². The van der Waals surface area contributed by atoms with Gasteiger partial charge in [-0.3, -0.25) is 0 Å². The Morgan fingerprint density at radius 1 is 1.00 bits per heavy atom. The Morgan fingerprint density at radius 2 is 1.81 bits per heavy atom. The van der Waals surface area contributed by atoms with E-state index >= 15 is 0 Å². The van der Waals surface area contributed by atoms with Gasteiger partial charge in [0.25, 0.3) is 0 Å². The van der Waals surface area contributed by atoms with Crippen LogP contribution in [0.1, 0.15) is 31.0 Å². The fourth-order valence-electron chi connectivity index (χ4n) is 2.82. The summed E-state index contributed by atoms with van der Waals surface area (Å²) in [6, 6.07) is 18.3. The second kappa shape index (κ2) is 6.42. The van der Waals surface area contributed by atoms with Crippen LogP contribution in [0.25, 0.3) is 10.8 Å². The van der Waals surface area contributed by atoms with E-state index in [9.17, 15) is 0 Å². The van der Waals surface area contributed by atoms with E-state index in [2.05, 4.69) is 78.5 Å². The SMILES string of the molecule is CC(Cc1ccsc1)NC(C)c1ccc2ccccc2c1. The molecule has 2 unspecified atom stereocenters. The summed E-state index contributed by atoms with van der Waals surface area (Å²) in [7, 11) is 0. The molecule has 108 valence electrons. The molecule has 3 rings (SSSR count). The van der Waals surface area contributed by atoms with Crippen molar-refractivity contribution in [3.05, 3.63) is 70.4 Å². The van der Waals surface area contributed by atoms with Crippen LogP contribution in [-0.2, 0) is 6.42 Å². The molecule has 1 heterocycles. The number of fused-ring (bicyclic) bond motifs is 1. The molecule has 21 heavy (non-hydrogen) atoms. The topological polar surface area (TPSA) is 12.0 Å². The van der Waals surface area contributed by atoms with Crippen molar-refractivity contribution < 1.29 is 0 Å². The number of hydrogen-bond acceptors (Lipinski definition) is 2. The molecule has 1 N–H and O–H groups in total. The molecule has 0 fully saturated rings. The van der Waals surface area contributed by atoms with Crippen LogP contribution in [0.5, 0.6) is 0 Å². The second-order valence-corrected chi connectivity index (χ2v) is 6.51. The summed E-state index contributed by atoms with van der Waals surface area (Å²) in [5, 5.41) is 10.7. The second-order valence-electron chi connectivity index (χ2n) is 5.73. The molecule has 0 spiro atoms. The molecule has 0 aliphatic heterocycles. The normalized spacial score (nSPS) is 14.2. The van der Waals surface area contributed by atoms with Crippen LogP contribution in [-0.4, -0.2) is 6.04 Å². The van der Waals surface area contributed by atoms with Gasteiger partial charge < -0.3 is 5.32 Å². The first kappa shape index (κ1) is 14.3.